The molecule has 5 heteroatoms. The third kappa shape index (κ3) is 3.08. The second-order valence-corrected chi connectivity index (χ2v) is 5.16. The highest BCUT2D eigenvalue weighted by Crippen LogP contribution is 2.26. The fraction of sp³-hybridized carbons (Fsp3) is 0.500. The van der Waals surface area contributed by atoms with E-state index >= 15 is 0 Å². The standard InChI is InChI=1S/C16H22N2O3/c1-4-6-12(10-21-3)18-14-9-11(16(19)20)7-8-13(14)17-15(18)5-2/h7-9,12H,4-6,10H2,1-3H3,(H,19,20). The molecular weight excluding hydrogens is 268 g/mol. The van der Waals surface area contributed by atoms with Crippen molar-refractivity contribution in [3.8, 4) is 0 Å². The molecule has 0 saturated carbocycles. The highest BCUT2D eigenvalue weighted by molar-refractivity contribution is 5.92. The van der Waals surface area contributed by atoms with Gasteiger partial charge in [-0.25, -0.2) is 9.78 Å². The molecule has 1 N–H and O–H groups in total. The van der Waals surface area contributed by atoms with E-state index in [1.54, 1.807) is 25.3 Å². The molecule has 0 saturated heterocycles. The molecule has 0 spiro atoms. The lowest BCUT2D eigenvalue weighted by Gasteiger charge is -2.20. The van der Waals surface area contributed by atoms with Gasteiger partial charge in [-0.1, -0.05) is 20.3 Å². The number of benzene rings is 1. The maximum absolute atomic E-state index is 11.2. The number of fused-ring (bicyclic) bond motifs is 1. The van der Waals surface area contributed by atoms with E-state index in [0.29, 0.717) is 12.2 Å². The average molecular weight is 290 g/mol. The number of methoxy groups -OCH3 is 1. The van der Waals surface area contributed by atoms with E-state index in [2.05, 4.69) is 23.4 Å². The van der Waals surface area contributed by atoms with E-state index in [0.717, 1.165) is 36.1 Å². The number of rotatable bonds is 7. The van der Waals surface area contributed by atoms with Crippen LogP contribution in [0.3, 0.4) is 0 Å². The van der Waals surface area contributed by atoms with Gasteiger partial charge in [0.05, 0.1) is 29.2 Å². The predicted octanol–water partition coefficient (Wildman–Crippen LogP) is 3.28. The zero-order chi connectivity index (χ0) is 15.4. The summed E-state index contributed by atoms with van der Waals surface area (Å²) in [6, 6.07) is 5.28. The largest absolute Gasteiger partial charge is 0.478 e. The maximum Gasteiger partial charge on any atom is 0.335 e. The number of nitrogens with zero attached hydrogens (tertiary/aromatic N) is 2. The highest BCUT2D eigenvalue weighted by Gasteiger charge is 2.19. The molecule has 0 bridgehead atoms. The molecular formula is C16H22N2O3. The molecule has 1 aromatic heterocycles. The van der Waals surface area contributed by atoms with E-state index < -0.39 is 5.97 Å². The van der Waals surface area contributed by atoms with Crippen molar-refractivity contribution in [3.05, 3.63) is 29.6 Å². The molecule has 0 amide bonds. The monoisotopic (exact) mass is 290 g/mol. The van der Waals surface area contributed by atoms with E-state index in [4.69, 9.17) is 4.74 Å². The summed E-state index contributed by atoms with van der Waals surface area (Å²) >= 11 is 0. The second kappa shape index (κ2) is 6.72. The summed E-state index contributed by atoms with van der Waals surface area (Å²) in [6.07, 6.45) is 2.82. The van der Waals surface area contributed by atoms with E-state index in [-0.39, 0.29) is 6.04 Å². The SMILES string of the molecule is CCCC(COC)n1c(CC)nc2ccc(C(=O)O)cc21. The van der Waals surface area contributed by atoms with Gasteiger partial charge < -0.3 is 14.4 Å². The van der Waals surface area contributed by atoms with Gasteiger partial charge in [0.25, 0.3) is 0 Å². The van der Waals surface area contributed by atoms with Gasteiger partial charge >= 0.3 is 5.97 Å². The lowest BCUT2D eigenvalue weighted by Crippen LogP contribution is -2.17. The van der Waals surface area contributed by atoms with Gasteiger partial charge in [0.2, 0.25) is 0 Å². The third-order valence-corrected chi connectivity index (χ3v) is 3.67. The summed E-state index contributed by atoms with van der Waals surface area (Å²) < 4.78 is 7.49. The number of ether oxygens (including phenoxy) is 1. The minimum atomic E-state index is -0.915. The van der Waals surface area contributed by atoms with Crippen molar-refractivity contribution >= 4 is 17.0 Å². The number of aryl methyl sites for hydroxylation is 1. The Hall–Kier alpha value is -1.88. The Morgan fingerprint density at radius 1 is 1.43 bits per heavy atom. The summed E-state index contributed by atoms with van der Waals surface area (Å²) in [7, 11) is 1.69. The lowest BCUT2D eigenvalue weighted by atomic mass is 10.1. The number of hydrogen-bond donors (Lipinski definition) is 1. The molecule has 0 aliphatic heterocycles. The minimum absolute atomic E-state index is 0.184. The summed E-state index contributed by atoms with van der Waals surface area (Å²) in [5.74, 6) is 0.0597. The molecule has 2 rings (SSSR count). The van der Waals surface area contributed by atoms with Crippen LogP contribution in [-0.4, -0.2) is 34.3 Å². The summed E-state index contributed by atoms with van der Waals surface area (Å²) in [5.41, 5.74) is 2.01. The van der Waals surface area contributed by atoms with E-state index in [1.807, 2.05) is 0 Å². The van der Waals surface area contributed by atoms with Crippen LogP contribution in [0.15, 0.2) is 18.2 Å². The van der Waals surface area contributed by atoms with Crippen LogP contribution < -0.4 is 0 Å². The Labute approximate surface area is 124 Å². The van der Waals surface area contributed by atoms with Gasteiger partial charge in [-0.3, -0.25) is 0 Å². The van der Waals surface area contributed by atoms with Crippen LogP contribution in [0.5, 0.6) is 0 Å². The van der Waals surface area contributed by atoms with Gasteiger partial charge in [0.15, 0.2) is 0 Å². The lowest BCUT2D eigenvalue weighted by molar-refractivity contribution is 0.0697. The first kappa shape index (κ1) is 15.5. The van der Waals surface area contributed by atoms with Crippen LogP contribution in [0, 0.1) is 0 Å². The van der Waals surface area contributed by atoms with Crippen LogP contribution in [0.1, 0.15) is 48.9 Å². The summed E-state index contributed by atoms with van der Waals surface area (Å²) in [6.45, 7) is 4.80. The zero-order valence-electron chi connectivity index (χ0n) is 12.8. The molecule has 21 heavy (non-hydrogen) atoms. The predicted molar refractivity (Wildman–Crippen MR) is 81.9 cm³/mol. The first-order valence-corrected chi connectivity index (χ1v) is 7.35. The molecule has 1 unspecified atom stereocenters. The number of aromatic carboxylic acids is 1. The van der Waals surface area contributed by atoms with E-state index in [1.165, 1.54) is 0 Å². The molecule has 0 radical (unpaired) electrons. The topological polar surface area (TPSA) is 64.4 Å². The van der Waals surface area contributed by atoms with Crippen LogP contribution >= 0.6 is 0 Å². The summed E-state index contributed by atoms with van der Waals surface area (Å²) in [4.78, 5) is 15.8. The van der Waals surface area contributed by atoms with Gasteiger partial charge in [0, 0.05) is 13.5 Å². The number of aromatic nitrogens is 2. The maximum atomic E-state index is 11.2. The molecule has 0 fully saturated rings. The van der Waals surface area contributed by atoms with Crippen molar-refractivity contribution in [2.45, 2.75) is 39.2 Å². The first-order chi connectivity index (χ1) is 10.1. The van der Waals surface area contributed by atoms with Crippen molar-refractivity contribution in [2.24, 2.45) is 0 Å². The Morgan fingerprint density at radius 3 is 2.76 bits per heavy atom. The Kier molecular flexibility index (Phi) is 4.96. The van der Waals surface area contributed by atoms with Crippen LogP contribution in [0.25, 0.3) is 11.0 Å². The van der Waals surface area contributed by atoms with E-state index in [9.17, 15) is 9.90 Å². The van der Waals surface area contributed by atoms with Crippen molar-refractivity contribution in [3.63, 3.8) is 0 Å². The number of carboxylic acid groups (broad SMARTS) is 1. The highest BCUT2D eigenvalue weighted by atomic mass is 16.5. The molecule has 5 nitrogen and oxygen atoms in total. The smallest absolute Gasteiger partial charge is 0.335 e. The zero-order valence-corrected chi connectivity index (χ0v) is 12.8. The quantitative estimate of drug-likeness (QED) is 0.850. The Bertz CT molecular complexity index is 628. The van der Waals surface area contributed by atoms with Gasteiger partial charge in [-0.2, -0.15) is 0 Å². The third-order valence-electron chi connectivity index (χ3n) is 3.67. The average Bonchev–Trinajstić information content (AvgIpc) is 2.84. The Balaban J connectivity index is 2.61. The number of imidazole rings is 1. The van der Waals surface area contributed by atoms with Crippen molar-refractivity contribution < 1.29 is 14.6 Å². The van der Waals surface area contributed by atoms with Crippen LogP contribution in [0.4, 0.5) is 0 Å². The van der Waals surface area contributed by atoms with Crippen molar-refractivity contribution in [1.82, 2.24) is 9.55 Å². The molecule has 0 aliphatic rings. The first-order valence-electron chi connectivity index (χ1n) is 7.35. The van der Waals surface area contributed by atoms with Crippen LogP contribution in [-0.2, 0) is 11.2 Å². The van der Waals surface area contributed by atoms with Crippen LogP contribution in [0.2, 0.25) is 0 Å². The van der Waals surface area contributed by atoms with Crippen molar-refractivity contribution in [1.29, 1.82) is 0 Å². The summed E-state index contributed by atoms with van der Waals surface area (Å²) in [5, 5.41) is 9.19. The molecule has 114 valence electrons. The van der Waals surface area contributed by atoms with Gasteiger partial charge in [-0.15, -0.1) is 0 Å². The second-order valence-electron chi connectivity index (χ2n) is 5.16. The van der Waals surface area contributed by atoms with Crippen molar-refractivity contribution in [2.75, 3.05) is 13.7 Å². The molecule has 0 aliphatic carbocycles. The van der Waals surface area contributed by atoms with Gasteiger partial charge in [-0.05, 0) is 24.6 Å². The number of carbonyl (C=O) groups is 1. The fourth-order valence-electron chi connectivity index (χ4n) is 2.75. The van der Waals surface area contributed by atoms with Gasteiger partial charge in [0.1, 0.15) is 5.82 Å². The fourth-order valence-corrected chi connectivity index (χ4v) is 2.75. The normalized spacial score (nSPS) is 12.7. The molecule has 1 aromatic carbocycles. The number of hydrogen-bond acceptors (Lipinski definition) is 3. The molecule has 1 atom stereocenters. The minimum Gasteiger partial charge on any atom is -0.478 e. The molecule has 1 heterocycles. The molecule has 2 aromatic rings. The Morgan fingerprint density at radius 2 is 2.19 bits per heavy atom. The number of carboxylic acids is 1.